The number of nitrogens with zero attached hydrogens (tertiary/aromatic N) is 2. The summed E-state index contributed by atoms with van der Waals surface area (Å²) >= 11 is 0. The zero-order chi connectivity index (χ0) is 20.6. The van der Waals surface area contributed by atoms with Gasteiger partial charge in [-0.05, 0) is 56.5 Å². The van der Waals surface area contributed by atoms with Gasteiger partial charge in [0.25, 0.3) is 0 Å². The molecule has 2 rings (SSSR count). The highest BCUT2D eigenvalue weighted by Crippen LogP contribution is 2.20. The van der Waals surface area contributed by atoms with E-state index in [0.29, 0.717) is 18.3 Å². The number of piperidine rings is 1. The molecule has 8 heteroatoms. The molecule has 1 aliphatic heterocycles. The van der Waals surface area contributed by atoms with E-state index in [0.717, 1.165) is 23.8 Å². The fourth-order valence-electron chi connectivity index (χ4n) is 3.60. The predicted octanol–water partition coefficient (Wildman–Crippen LogP) is 2.09. The minimum Gasteiger partial charge on any atom is -0.497 e. The van der Waals surface area contributed by atoms with E-state index < -0.39 is 10.0 Å². The molecular formula is C20H33N3O4S. The second-order valence-electron chi connectivity index (χ2n) is 7.23. The van der Waals surface area contributed by atoms with Crippen molar-refractivity contribution in [3.63, 3.8) is 0 Å². The van der Waals surface area contributed by atoms with Gasteiger partial charge in [-0.1, -0.05) is 13.3 Å². The number of carbonyl (C=O) groups excluding carboxylic acids is 1. The summed E-state index contributed by atoms with van der Waals surface area (Å²) in [6.07, 6.45) is 5.85. The Kier molecular flexibility index (Phi) is 8.72. The zero-order valence-corrected chi connectivity index (χ0v) is 18.0. The molecule has 158 valence electrons. The van der Waals surface area contributed by atoms with Crippen molar-refractivity contribution in [2.45, 2.75) is 50.0 Å². The van der Waals surface area contributed by atoms with Crippen molar-refractivity contribution in [2.75, 3.05) is 40.3 Å². The van der Waals surface area contributed by atoms with Crippen molar-refractivity contribution in [2.24, 2.45) is 0 Å². The summed E-state index contributed by atoms with van der Waals surface area (Å²) in [7, 11) is -0.772. The molecule has 1 atom stereocenters. The minimum absolute atomic E-state index is 0.138. The number of likely N-dealkylation sites (N-methyl/N-ethyl adjacent to an activating group) is 1. The van der Waals surface area contributed by atoms with E-state index in [1.54, 1.807) is 12.1 Å². The lowest BCUT2D eigenvalue weighted by molar-refractivity contribution is -0.121. The number of carbonyl (C=O) groups is 1. The van der Waals surface area contributed by atoms with Crippen LogP contribution in [0.15, 0.2) is 29.2 Å². The fraction of sp³-hybridized carbons (Fsp3) is 0.650. The molecule has 7 nitrogen and oxygen atoms in total. The Morgan fingerprint density at radius 3 is 2.64 bits per heavy atom. The summed E-state index contributed by atoms with van der Waals surface area (Å²) in [5.41, 5.74) is 0. The first-order chi connectivity index (χ1) is 13.4. The summed E-state index contributed by atoms with van der Waals surface area (Å²) < 4.78 is 31.3. The standard InChI is InChI=1S/C20H33N3O4S/c1-4-17-8-5-6-14-23(17)15-7-13-21-20(24)16-22(2)28(25,26)19-11-9-18(27-3)10-12-19/h9-12,17H,4-8,13-16H2,1-3H3,(H,21,24)/t17-/m1/s1. The van der Waals surface area contributed by atoms with Crippen LogP contribution < -0.4 is 10.1 Å². The Hall–Kier alpha value is -1.64. The number of amides is 1. The number of sulfonamides is 1. The van der Waals surface area contributed by atoms with E-state index in [1.807, 2.05) is 0 Å². The van der Waals surface area contributed by atoms with Crippen LogP contribution in [-0.2, 0) is 14.8 Å². The molecule has 0 aliphatic carbocycles. The van der Waals surface area contributed by atoms with Crippen LogP contribution in [0.2, 0.25) is 0 Å². The van der Waals surface area contributed by atoms with Crippen LogP contribution >= 0.6 is 0 Å². The van der Waals surface area contributed by atoms with Crippen LogP contribution in [-0.4, -0.2) is 69.9 Å². The maximum atomic E-state index is 12.6. The van der Waals surface area contributed by atoms with Gasteiger partial charge in [-0.2, -0.15) is 4.31 Å². The maximum Gasteiger partial charge on any atom is 0.243 e. The molecule has 0 unspecified atom stereocenters. The Balaban J connectivity index is 1.76. The van der Waals surface area contributed by atoms with Gasteiger partial charge in [-0.15, -0.1) is 0 Å². The Morgan fingerprint density at radius 2 is 2.00 bits per heavy atom. The number of hydrogen-bond donors (Lipinski definition) is 1. The molecule has 0 saturated carbocycles. The van der Waals surface area contributed by atoms with Crippen LogP contribution in [0, 0.1) is 0 Å². The van der Waals surface area contributed by atoms with Gasteiger partial charge in [-0.25, -0.2) is 8.42 Å². The number of benzene rings is 1. The Labute approximate surface area is 169 Å². The third kappa shape index (κ3) is 6.18. The van der Waals surface area contributed by atoms with Gasteiger partial charge in [0.1, 0.15) is 5.75 Å². The van der Waals surface area contributed by atoms with Gasteiger partial charge in [0.05, 0.1) is 18.6 Å². The van der Waals surface area contributed by atoms with Crippen molar-refractivity contribution >= 4 is 15.9 Å². The normalized spacial score (nSPS) is 18.2. The molecule has 0 spiro atoms. The number of ether oxygens (including phenoxy) is 1. The quantitative estimate of drug-likeness (QED) is 0.597. The average molecular weight is 412 g/mol. The maximum absolute atomic E-state index is 12.6. The summed E-state index contributed by atoms with van der Waals surface area (Å²) in [6, 6.07) is 6.79. The van der Waals surface area contributed by atoms with Gasteiger partial charge in [0, 0.05) is 26.2 Å². The highest BCUT2D eigenvalue weighted by Gasteiger charge is 2.23. The average Bonchev–Trinajstić information content (AvgIpc) is 2.71. The molecule has 1 amide bonds. The molecule has 1 heterocycles. The fourth-order valence-corrected chi connectivity index (χ4v) is 4.72. The number of hydrogen-bond acceptors (Lipinski definition) is 5. The van der Waals surface area contributed by atoms with E-state index in [1.165, 1.54) is 52.0 Å². The van der Waals surface area contributed by atoms with Crippen molar-refractivity contribution in [3.8, 4) is 5.75 Å². The Morgan fingerprint density at radius 1 is 1.29 bits per heavy atom. The van der Waals surface area contributed by atoms with Crippen LogP contribution in [0.4, 0.5) is 0 Å². The summed E-state index contributed by atoms with van der Waals surface area (Å²) in [6.45, 7) is 4.69. The molecule has 1 saturated heterocycles. The number of likely N-dealkylation sites (tertiary alicyclic amines) is 1. The van der Waals surface area contributed by atoms with Gasteiger partial charge >= 0.3 is 0 Å². The second-order valence-corrected chi connectivity index (χ2v) is 9.28. The number of nitrogens with one attached hydrogen (secondary N) is 1. The first-order valence-electron chi connectivity index (χ1n) is 9.99. The summed E-state index contributed by atoms with van der Waals surface area (Å²) in [5, 5.41) is 2.84. The molecule has 0 aromatic heterocycles. The van der Waals surface area contributed by atoms with E-state index >= 15 is 0 Å². The van der Waals surface area contributed by atoms with E-state index in [2.05, 4.69) is 17.1 Å². The zero-order valence-electron chi connectivity index (χ0n) is 17.2. The van der Waals surface area contributed by atoms with Crippen LogP contribution in [0.25, 0.3) is 0 Å². The summed E-state index contributed by atoms with van der Waals surface area (Å²) in [4.78, 5) is 14.8. The lowest BCUT2D eigenvalue weighted by Crippen LogP contribution is -2.42. The molecule has 1 aromatic carbocycles. The van der Waals surface area contributed by atoms with Gasteiger partial charge in [0.2, 0.25) is 15.9 Å². The number of methoxy groups -OCH3 is 1. The molecule has 1 N–H and O–H groups in total. The minimum atomic E-state index is -3.71. The smallest absolute Gasteiger partial charge is 0.243 e. The third-order valence-corrected chi connectivity index (χ3v) is 7.12. The van der Waals surface area contributed by atoms with Crippen LogP contribution in [0.3, 0.4) is 0 Å². The molecule has 1 aromatic rings. The molecule has 1 fully saturated rings. The van der Waals surface area contributed by atoms with Gasteiger partial charge in [0.15, 0.2) is 0 Å². The van der Waals surface area contributed by atoms with Crippen molar-refractivity contribution < 1.29 is 17.9 Å². The monoisotopic (exact) mass is 411 g/mol. The highest BCUT2D eigenvalue weighted by atomic mass is 32.2. The van der Waals surface area contributed by atoms with Gasteiger partial charge < -0.3 is 15.0 Å². The topological polar surface area (TPSA) is 79.0 Å². The van der Waals surface area contributed by atoms with Crippen molar-refractivity contribution in [1.82, 2.24) is 14.5 Å². The van der Waals surface area contributed by atoms with Crippen LogP contribution in [0.5, 0.6) is 5.75 Å². The van der Waals surface area contributed by atoms with Crippen molar-refractivity contribution in [3.05, 3.63) is 24.3 Å². The number of rotatable bonds is 10. The third-order valence-electron chi connectivity index (χ3n) is 5.30. The van der Waals surface area contributed by atoms with Crippen LogP contribution in [0.1, 0.15) is 39.0 Å². The lowest BCUT2D eigenvalue weighted by atomic mass is 10.00. The molecule has 1 aliphatic rings. The van der Waals surface area contributed by atoms with Crippen molar-refractivity contribution in [1.29, 1.82) is 0 Å². The van der Waals surface area contributed by atoms with Gasteiger partial charge in [-0.3, -0.25) is 4.79 Å². The first-order valence-corrected chi connectivity index (χ1v) is 11.4. The Bertz CT molecular complexity index is 721. The largest absolute Gasteiger partial charge is 0.497 e. The molecule has 0 radical (unpaired) electrons. The molecule has 0 bridgehead atoms. The second kappa shape index (κ2) is 10.8. The SMILES string of the molecule is CC[C@@H]1CCCCN1CCCNC(=O)CN(C)S(=O)(=O)c1ccc(OC)cc1. The predicted molar refractivity (Wildman–Crippen MR) is 110 cm³/mol. The van der Waals surface area contributed by atoms with E-state index in [9.17, 15) is 13.2 Å². The van der Waals surface area contributed by atoms with E-state index in [4.69, 9.17) is 4.74 Å². The first kappa shape index (κ1) is 22.6. The molecule has 28 heavy (non-hydrogen) atoms. The lowest BCUT2D eigenvalue weighted by Gasteiger charge is -2.35. The summed E-state index contributed by atoms with van der Waals surface area (Å²) in [5.74, 6) is 0.295. The molecular weight excluding hydrogens is 378 g/mol. The van der Waals surface area contributed by atoms with E-state index in [-0.39, 0.29) is 17.3 Å². The highest BCUT2D eigenvalue weighted by molar-refractivity contribution is 7.89.